The second-order valence-corrected chi connectivity index (χ2v) is 8.54. The lowest BCUT2D eigenvalue weighted by molar-refractivity contribution is -0.384. The molecule has 0 saturated carbocycles. The van der Waals surface area contributed by atoms with Gasteiger partial charge in [0.05, 0.1) is 21.9 Å². The molecule has 0 fully saturated rings. The van der Waals surface area contributed by atoms with E-state index >= 15 is 0 Å². The fraction of sp³-hybridized carbons (Fsp3) is 0.0833. The summed E-state index contributed by atoms with van der Waals surface area (Å²) in [6.07, 6.45) is 0. The van der Waals surface area contributed by atoms with Crippen LogP contribution in [-0.2, 0) is 6.54 Å². The molecule has 7 nitrogen and oxygen atoms in total. The van der Waals surface area contributed by atoms with Crippen molar-refractivity contribution >= 4 is 38.5 Å². The highest BCUT2D eigenvalue weighted by Gasteiger charge is 2.43. The molecule has 4 aromatic rings. The summed E-state index contributed by atoms with van der Waals surface area (Å²) in [4.78, 5) is 39.2. The van der Waals surface area contributed by atoms with Crippen molar-refractivity contribution in [2.24, 2.45) is 0 Å². The summed E-state index contributed by atoms with van der Waals surface area (Å²) in [5.74, 6) is -1.04. The number of fused-ring (bicyclic) bond motifs is 2. The van der Waals surface area contributed by atoms with Crippen molar-refractivity contribution in [1.29, 1.82) is 0 Å². The van der Waals surface area contributed by atoms with Crippen LogP contribution in [0.25, 0.3) is 11.0 Å². The zero-order valence-corrected chi connectivity index (χ0v) is 18.4. The summed E-state index contributed by atoms with van der Waals surface area (Å²) in [5.41, 5.74) is 0.861. The fourth-order valence-electron chi connectivity index (χ4n) is 4.10. The Morgan fingerprint density at radius 2 is 1.82 bits per heavy atom. The third-order valence-electron chi connectivity index (χ3n) is 5.59. The van der Waals surface area contributed by atoms with Crippen LogP contribution in [0.3, 0.4) is 0 Å². The molecule has 9 heteroatoms. The van der Waals surface area contributed by atoms with Crippen LogP contribution in [0.2, 0.25) is 0 Å². The van der Waals surface area contributed by atoms with Crippen LogP contribution in [0.1, 0.15) is 33.3 Å². The molecule has 1 aliphatic heterocycles. The molecule has 1 aromatic heterocycles. The number of amides is 1. The normalized spacial score (nSPS) is 15.2. The van der Waals surface area contributed by atoms with Crippen molar-refractivity contribution < 1.29 is 18.5 Å². The van der Waals surface area contributed by atoms with Gasteiger partial charge in [0, 0.05) is 23.2 Å². The van der Waals surface area contributed by atoms with Gasteiger partial charge in [-0.1, -0.05) is 40.2 Å². The van der Waals surface area contributed by atoms with E-state index in [0.717, 1.165) is 0 Å². The number of hydrogen-bond acceptors (Lipinski definition) is 5. The van der Waals surface area contributed by atoms with E-state index in [4.69, 9.17) is 4.42 Å². The second-order valence-electron chi connectivity index (χ2n) is 7.63. The van der Waals surface area contributed by atoms with Crippen LogP contribution < -0.4 is 5.43 Å². The first kappa shape index (κ1) is 21.0. The van der Waals surface area contributed by atoms with Crippen LogP contribution in [0.15, 0.2) is 80.4 Å². The number of nitro groups is 1. The van der Waals surface area contributed by atoms with E-state index in [2.05, 4.69) is 15.9 Å². The van der Waals surface area contributed by atoms with Gasteiger partial charge >= 0.3 is 0 Å². The Kier molecular flexibility index (Phi) is 5.05. The molecular weight excluding hydrogens is 495 g/mol. The predicted octanol–water partition coefficient (Wildman–Crippen LogP) is 5.35. The molecule has 33 heavy (non-hydrogen) atoms. The topological polar surface area (TPSA) is 93.7 Å². The Hall–Kier alpha value is -3.85. The van der Waals surface area contributed by atoms with E-state index < -0.39 is 22.7 Å². The molecule has 1 aliphatic rings. The number of carbonyl (C=O) groups is 1. The van der Waals surface area contributed by atoms with Gasteiger partial charge in [0.1, 0.15) is 11.4 Å². The Morgan fingerprint density at radius 1 is 1.06 bits per heavy atom. The van der Waals surface area contributed by atoms with E-state index in [0.29, 0.717) is 15.6 Å². The van der Waals surface area contributed by atoms with Crippen molar-refractivity contribution in [2.75, 3.05) is 0 Å². The molecule has 164 valence electrons. The molecule has 0 unspecified atom stereocenters. The second kappa shape index (κ2) is 7.93. The molecule has 2 heterocycles. The number of halogens is 2. The van der Waals surface area contributed by atoms with Gasteiger partial charge in [0.15, 0.2) is 5.43 Å². The molecular formula is C24H14BrFN2O5. The lowest BCUT2D eigenvalue weighted by Crippen LogP contribution is -2.29. The summed E-state index contributed by atoms with van der Waals surface area (Å²) in [7, 11) is 0. The number of non-ortho nitro benzene ring substituents is 1. The number of nitrogens with zero attached hydrogens (tertiary/aromatic N) is 2. The molecule has 3 aromatic carbocycles. The van der Waals surface area contributed by atoms with Crippen LogP contribution in [0, 0.1) is 15.9 Å². The van der Waals surface area contributed by atoms with Gasteiger partial charge in [-0.15, -0.1) is 0 Å². The highest BCUT2D eigenvalue weighted by molar-refractivity contribution is 9.10. The minimum atomic E-state index is -0.905. The number of nitro benzene ring substituents is 1. The SMILES string of the molecule is O=C1c2oc3ccc(Br)cc3c(=O)c2[C@H](c2cccc([N+](=O)[O-])c2)N1Cc1ccc(F)cc1. The van der Waals surface area contributed by atoms with Crippen molar-refractivity contribution in [3.8, 4) is 0 Å². The number of benzene rings is 3. The number of rotatable bonds is 4. The average Bonchev–Trinajstić information content (AvgIpc) is 3.08. The largest absolute Gasteiger partial charge is 0.450 e. The van der Waals surface area contributed by atoms with Crippen molar-refractivity contribution in [3.63, 3.8) is 0 Å². The zero-order chi connectivity index (χ0) is 23.3. The fourth-order valence-corrected chi connectivity index (χ4v) is 4.46. The van der Waals surface area contributed by atoms with Gasteiger partial charge in [-0.2, -0.15) is 0 Å². The lowest BCUT2D eigenvalue weighted by atomic mass is 9.98. The van der Waals surface area contributed by atoms with Gasteiger partial charge in [-0.3, -0.25) is 19.7 Å². The molecule has 0 aliphatic carbocycles. The first-order valence-electron chi connectivity index (χ1n) is 9.89. The highest BCUT2D eigenvalue weighted by Crippen LogP contribution is 2.40. The van der Waals surface area contributed by atoms with E-state index in [1.165, 1.54) is 35.2 Å². The molecule has 0 saturated heterocycles. The van der Waals surface area contributed by atoms with Crippen molar-refractivity contribution in [3.05, 3.63) is 120 Å². The van der Waals surface area contributed by atoms with Gasteiger partial charge in [-0.05, 0) is 41.5 Å². The Morgan fingerprint density at radius 3 is 2.55 bits per heavy atom. The van der Waals surface area contributed by atoms with Gasteiger partial charge in [0.25, 0.3) is 11.6 Å². The summed E-state index contributed by atoms with van der Waals surface area (Å²) < 4.78 is 19.9. The van der Waals surface area contributed by atoms with Gasteiger partial charge in [-0.25, -0.2) is 4.39 Å². The minimum Gasteiger partial charge on any atom is -0.450 e. The van der Waals surface area contributed by atoms with Crippen LogP contribution in [-0.4, -0.2) is 15.7 Å². The Bertz CT molecular complexity index is 1500. The third-order valence-corrected chi connectivity index (χ3v) is 6.08. The maximum atomic E-state index is 13.5. The quantitative estimate of drug-likeness (QED) is 0.273. The van der Waals surface area contributed by atoms with E-state index in [-0.39, 0.29) is 40.0 Å². The summed E-state index contributed by atoms with van der Waals surface area (Å²) in [5, 5.41) is 11.7. The monoisotopic (exact) mass is 508 g/mol. The van der Waals surface area contributed by atoms with Crippen LogP contribution in [0.5, 0.6) is 0 Å². The maximum absolute atomic E-state index is 13.5. The van der Waals surface area contributed by atoms with Crippen LogP contribution >= 0.6 is 15.9 Å². The van der Waals surface area contributed by atoms with Gasteiger partial charge in [0.2, 0.25) is 5.76 Å². The minimum absolute atomic E-state index is 0.0517. The molecule has 1 amide bonds. The Balaban J connectivity index is 1.73. The first-order valence-corrected chi connectivity index (χ1v) is 10.7. The molecule has 0 spiro atoms. The number of hydrogen-bond donors (Lipinski definition) is 0. The van der Waals surface area contributed by atoms with Crippen LogP contribution in [0.4, 0.5) is 10.1 Å². The summed E-state index contributed by atoms with van der Waals surface area (Å²) in [6, 6.07) is 15.5. The average molecular weight is 509 g/mol. The molecule has 0 N–H and O–H groups in total. The van der Waals surface area contributed by atoms with E-state index in [1.54, 1.807) is 36.4 Å². The Labute approximate surface area is 194 Å². The third kappa shape index (κ3) is 3.60. The van der Waals surface area contributed by atoms with E-state index in [1.807, 2.05) is 0 Å². The molecule has 0 radical (unpaired) electrons. The van der Waals surface area contributed by atoms with E-state index in [9.17, 15) is 24.1 Å². The smallest absolute Gasteiger partial charge is 0.291 e. The zero-order valence-electron chi connectivity index (χ0n) is 16.8. The summed E-state index contributed by atoms with van der Waals surface area (Å²) in [6.45, 7) is 0.0517. The highest BCUT2D eigenvalue weighted by atomic mass is 79.9. The van der Waals surface area contributed by atoms with Crippen molar-refractivity contribution in [1.82, 2.24) is 4.90 Å². The predicted molar refractivity (Wildman–Crippen MR) is 121 cm³/mol. The standard InChI is InChI=1S/C24H14BrFN2O5/c25-15-6-9-19-18(11-15)22(29)20-21(14-2-1-3-17(10-14)28(31)32)27(24(30)23(20)33-19)12-13-4-7-16(26)8-5-13/h1-11,21H,12H2/t21-/m0/s1. The maximum Gasteiger partial charge on any atom is 0.291 e. The number of carbonyl (C=O) groups excluding carboxylic acids is 1. The summed E-state index contributed by atoms with van der Waals surface area (Å²) >= 11 is 3.34. The van der Waals surface area contributed by atoms with Crippen molar-refractivity contribution in [2.45, 2.75) is 12.6 Å². The first-order chi connectivity index (χ1) is 15.8. The van der Waals surface area contributed by atoms with Gasteiger partial charge < -0.3 is 9.32 Å². The molecule has 5 rings (SSSR count). The lowest BCUT2D eigenvalue weighted by Gasteiger charge is -2.25. The molecule has 0 bridgehead atoms. The molecule has 1 atom stereocenters.